The van der Waals surface area contributed by atoms with Gasteiger partial charge >= 0.3 is 0 Å². The minimum Gasteiger partial charge on any atom is -0.273 e. The molecule has 0 unspecified atom stereocenters. The van der Waals surface area contributed by atoms with Crippen molar-refractivity contribution >= 4 is 11.8 Å². The van der Waals surface area contributed by atoms with E-state index >= 15 is 0 Å². The summed E-state index contributed by atoms with van der Waals surface area (Å²) in [6, 6.07) is 3.49. The van der Waals surface area contributed by atoms with E-state index in [-0.39, 0.29) is 11.8 Å². The zero-order valence-electron chi connectivity index (χ0n) is 8.78. The number of aromatic nitrogens is 1. The summed E-state index contributed by atoms with van der Waals surface area (Å²) in [6.45, 7) is 4.14. The van der Waals surface area contributed by atoms with Crippen LogP contribution in [0.25, 0.3) is 0 Å². The van der Waals surface area contributed by atoms with Crippen LogP contribution in [0.5, 0.6) is 0 Å². The first-order valence-electron chi connectivity index (χ1n) is 5.05. The summed E-state index contributed by atoms with van der Waals surface area (Å²) in [5.41, 5.74) is 1.58. The van der Waals surface area contributed by atoms with E-state index in [4.69, 9.17) is 0 Å². The Balaban J connectivity index is 2.53. The Kier molecular flexibility index (Phi) is 2.26. The quantitative estimate of drug-likeness (QED) is 0.681. The van der Waals surface area contributed by atoms with E-state index in [2.05, 4.69) is 4.98 Å². The summed E-state index contributed by atoms with van der Waals surface area (Å²) in [4.78, 5) is 28.9. The van der Waals surface area contributed by atoms with Gasteiger partial charge in [-0.2, -0.15) is 0 Å². The molecule has 1 aromatic heterocycles. The van der Waals surface area contributed by atoms with Gasteiger partial charge in [-0.1, -0.05) is 6.92 Å². The Labute approximate surface area is 87.9 Å². The van der Waals surface area contributed by atoms with Crippen molar-refractivity contribution in [2.24, 2.45) is 0 Å². The van der Waals surface area contributed by atoms with Crippen molar-refractivity contribution in [2.45, 2.75) is 20.3 Å². The lowest BCUT2D eigenvalue weighted by atomic mass is 10.2. The molecule has 15 heavy (non-hydrogen) atoms. The maximum absolute atomic E-state index is 11.7. The first-order chi connectivity index (χ1) is 7.19. The smallest absolute Gasteiger partial charge is 0.273 e. The second-order valence-corrected chi connectivity index (χ2v) is 3.41. The molecule has 4 heteroatoms. The van der Waals surface area contributed by atoms with Crippen LogP contribution in [-0.4, -0.2) is 28.2 Å². The Morgan fingerprint density at radius 1 is 1.20 bits per heavy atom. The largest absolute Gasteiger partial charge is 0.280 e. The van der Waals surface area contributed by atoms with Gasteiger partial charge in [0.05, 0.1) is 5.56 Å². The van der Waals surface area contributed by atoms with Crippen LogP contribution < -0.4 is 0 Å². The molecular formula is C11H12N2O2. The number of carbonyl (C=O) groups excluding carboxylic acids is 2. The monoisotopic (exact) mass is 204 g/mol. The van der Waals surface area contributed by atoms with Crippen molar-refractivity contribution in [2.75, 3.05) is 6.54 Å². The van der Waals surface area contributed by atoms with Gasteiger partial charge in [0.25, 0.3) is 11.8 Å². The van der Waals surface area contributed by atoms with Gasteiger partial charge in [-0.15, -0.1) is 0 Å². The first-order valence-corrected chi connectivity index (χ1v) is 5.05. The van der Waals surface area contributed by atoms with Gasteiger partial charge in [0, 0.05) is 12.2 Å². The summed E-state index contributed by atoms with van der Waals surface area (Å²) in [5, 5.41) is 0. The van der Waals surface area contributed by atoms with Crippen LogP contribution in [-0.2, 0) is 6.42 Å². The van der Waals surface area contributed by atoms with Gasteiger partial charge in [-0.3, -0.25) is 14.5 Å². The molecule has 1 aliphatic rings. The fourth-order valence-electron chi connectivity index (χ4n) is 1.68. The van der Waals surface area contributed by atoms with Gasteiger partial charge in [0.2, 0.25) is 0 Å². The average Bonchev–Trinajstić information content (AvgIpc) is 2.51. The lowest BCUT2D eigenvalue weighted by Gasteiger charge is -2.08. The topological polar surface area (TPSA) is 50.3 Å². The van der Waals surface area contributed by atoms with Gasteiger partial charge in [0.1, 0.15) is 5.69 Å². The molecule has 0 N–H and O–H groups in total. The van der Waals surface area contributed by atoms with Crippen molar-refractivity contribution in [1.29, 1.82) is 0 Å². The van der Waals surface area contributed by atoms with Crippen molar-refractivity contribution in [3.05, 3.63) is 29.1 Å². The molecule has 0 bridgehead atoms. The maximum atomic E-state index is 11.7. The fourth-order valence-corrected chi connectivity index (χ4v) is 1.68. The Morgan fingerprint density at radius 3 is 2.53 bits per heavy atom. The van der Waals surface area contributed by atoms with E-state index in [0.29, 0.717) is 17.8 Å². The molecule has 2 amide bonds. The predicted octanol–water partition coefficient (Wildman–Crippen LogP) is 1.26. The highest BCUT2D eigenvalue weighted by Crippen LogP contribution is 2.21. The number of aryl methyl sites for hydroxylation is 1. The van der Waals surface area contributed by atoms with E-state index in [1.807, 2.05) is 6.92 Å². The molecule has 0 aromatic carbocycles. The molecule has 78 valence electrons. The number of pyridine rings is 1. The van der Waals surface area contributed by atoms with Crippen molar-refractivity contribution in [3.63, 3.8) is 0 Å². The number of nitrogens with zero attached hydrogens (tertiary/aromatic N) is 2. The van der Waals surface area contributed by atoms with Crippen LogP contribution in [0.4, 0.5) is 0 Å². The fraction of sp³-hybridized carbons (Fsp3) is 0.364. The van der Waals surface area contributed by atoms with Gasteiger partial charge in [-0.25, -0.2) is 4.98 Å². The number of fused-ring (bicyclic) bond motifs is 1. The maximum Gasteiger partial charge on any atom is 0.280 e. The Hall–Kier alpha value is -1.71. The zero-order valence-corrected chi connectivity index (χ0v) is 8.78. The van der Waals surface area contributed by atoms with Crippen LogP contribution in [0.1, 0.15) is 40.4 Å². The molecule has 0 radical (unpaired) electrons. The number of amides is 2. The van der Waals surface area contributed by atoms with E-state index in [9.17, 15) is 9.59 Å². The highest BCUT2D eigenvalue weighted by Gasteiger charge is 2.35. The minimum atomic E-state index is -0.271. The molecule has 0 saturated carbocycles. The summed E-state index contributed by atoms with van der Waals surface area (Å²) >= 11 is 0. The van der Waals surface area contributed by atoms with Crippen LogP contribution in [0.2, 0.25) is 0 Å². The second kappa shape index (κ2) is 3.46. The van der Waals surface area contributed by atoms with Gasteiger partial charge < -0.3 is 0 Å². The third kappa shape index (κ3) is 1.33. The minimum absolute atomic E-state index is 0.229. The van der Waals surface area contributed by atoms with Crippen LogP contribution >= 0.6 is 0 Å². The van der Waals surface area contributed by atoms with Gasteiger partial charge in [-0.05, 0) is 25.5 Å². The van der Waals surface area contributed by atoms with Crippen LogP contribution in [0, 0.1) is 0 Å². The third-order valence-corrected chi connectivity index (χ3v) is 2.55. The zero-order chi connectivity index (χ0) is 11.0. The van der Waals surface area contributed by atoms with Crippen LogP contribution in [0.3, 0.4) is 0 Å². The summed E-state index contributed by atoms with van der Waals surface area (Å²) in [5.74, 6) is -0.500. The van der Waals surface area contributed by atoms with E-state index in [0.717, 1.165) is 12.1 Å². The molecule has 1 aliphatic heterocycles. The third-order valence-electron chi connectivity index (χ3n) is 2.55. The number of hydrogen-bond donors (Lipinski definition) is 0. The lowest BCUT2D eigenvalue weighted by Crippen LogP contribution is -2.29. The second-order valence-electron chi connectivity index (χ2n) is 3.41. The standard InChI is InChI=1S/C11H12N2O2/c1-3-7-5-6-8-9(12-7)11(15)13(4-2)10(8)14/h5-6H,3-4H2,1-2H3. The molecule has 0 saturated heterocycles. The van der Waals surface area contributed by atoms with Crippen molar-refractivity contribution in [3.8, 4) is 0 Å². The number of rotatable bonds is 2. The Bertz CT molecular complexity index is 440. The molecule has 4 nitrogen and oxygen atoms in total. The van der Waals surface area contributed by atoms with Crippen LogP contribution in [0.15, 0.2) is 12.1 Å². The normalized spacial score (nSPS) is 14.7. The first kappa shape index (κ1) is 9.83. The molecular weight excluding hydrogens is 192 g/mol. The van der Waals surface area contributed by atoms with E-state index in [1.54, 1.807) is 19.1 Å². The molecule has 2 heterocycles. The SMILES string of the molecule is CCc1ccc2c(n1)C(=O)N(CC)C2=O. The lowest BCUT2D eigenvalue weighted by molar-refractivity contribution is 0.0661. The van der Waals surface area contributed by atoms with Crippen molar-refractivity contribution < 1.29 is 9.59 Å². The van der Waals surface area contributed by atoms with E-state index < -0.39 is 0 Å². The Morgan fingerprint density at radius 2 is 1.93 bits per heavy atom. The summed E-state index contributed by atoms with van der Waals surface area (Å²) in [6.07, 6.45) is 0.765. The number of imide groups is 1. The molecule has 0 atom stereocenters. The van der Waals surface area contributed by atoms with Gasteiger partial charge in [0.15, 0.2) is 0 Å². The highest BCUT2D eigenvalue weighted by molar-refractivity contribution is 6.20. The molecule has 0 aliphatic carbocycles. The molecule has 0 spiro atoms. The highest BCUT2D eigenvalue weighted by atomic mass is 16.2. The number of hydrogen-bond acceptors (Lipinski definition) is 3. The molecule has 2 rings (SSSR count). The number of carbonyl (C=O) groups is 2. The summed E-state index contributed by atoms with van der Waals surface area (Å²) in [7, 11) is 0. The van der Waals surface area contributed by atoms with Crippen molar-refractivity contribution in [1.82, 2.24) is 9.88 Å². The van der Waals surface area contributed by atoms with E-state index in [1.165, 1.54) is 4.90 Å². The summed E-state index contributed by atoms with van der Waals surface area (Å²) < 4.78 is 0. The molecule has 1 aromatic rings. The average molecular weight is 204 g/mol. The molecule has 0 fully saturated rings. The predicted molar refractivity (Wildman–Crippen MR) is 54.7 cm³/mol.